The van der Waals surface area contributed by atoms with E-state index < -0.39 is 35.9 Å². The van der Waals surface area contributed by atoms with Crippen LogP contribution < -0.4 is 10.9 Å². The third-order valence-electron chi connectivity index (χ3n) is 2.98. The summed E-state index contributed by atoms with van der Waals surface area (Å²) in [5.74, 6) is -3.65. The number of hydrogen-bond acceptors (Lipinski definition) is 4. The van der Waals surface area contributed by atoms with E-state index in [1.807, 2.05) is 0 Å². The van der Waals surface area contributed by atoms with Gasteiger partial charge in [-0.25, -0.2) is 4.79 Å². The second-order valence-corrected chi connectivity index (χ2v) is 4.55. The van der Waals surface area contributed by atoms with Crippen LogP contribution in [-0.2, 0) is 9.59 Å². The van der Waals surface area contributed by atoms with Gasteiger partial charge in [0.15, 0.2) is 0 Å². The smallest absolute Gasteiger partial charge is 0.326 e. The largest absolute Gasteiger partial charge is 0.481 e. The van der Waals surface area contributed by atoms with E-state index >= 15 is 0 Å². The van der Waals surface area contributed by atoms with Crippen molar-refractivity contribution in [2.24, 2.45) is 0 Å². The Hall–Kier alpha value is -3.16. The Morgan fingerprint density at radius 3 is 2.50 bits per heavy atom. The second kappa shape index (κ2) is 6.08. The predicted octanol–water partition coefficient (Wildman–Crippen LogP) is 0.186. The summed E-state index contributed by atoms with van der Waals surface area (Å²) in [6, 6.07) is 5.97. The fraction of sp³-hybridized carbons (Fsp3) is 0.143. The molecular weight excluding hydrogens is 292 g/mol. The first-order valence-electron chi connectivity index (χ1n) is 6.26. The Labute approximate surface area is 123 Å². The van der Waals surface area contributed by atoms with Crippen LogP contribution in [0.5, 0.6) is 0 Å². The molecule has 0 saturated heterocycles. The first-order chi connectivity index (χ1) is 10.4. The van der Waals surface area contributed by atoms with Gasteiger partial charge in [-0.2, -0.15) is 0 Å². The maximum absolute atomic E-state index is 12.2. The van der Waals surface area contributed by atoms with Gasteiger partial charge in [0.2, 0.25) is 5.56 Å². The van der Waals surface area contributed by atoms with E-state index in [0.717, 1.165) is 6.07 Å². The average Bonchev–Trinajstić information content (AvgIpc) is 2.44. The van der Waals surface area contributed by atoms with E-state index in [2.05, 4.69) is 10.3 Å². The molecule has 0 aliphatic heterocycles. The average molecular weight is 304 g/mol. The van der Waals surface area contributed by atoms with Gasteiger partial charge in [0, 0.05) is 17.0 Å². The molecule has 0 saturated carbocycles. The molecule has 1 atom stereocenters. The van der Waals surface area contributed by atoms with E-state index in [1.165, 1.54) is 0 Å². The maximum Gasteiger partial charge on any atom is 0.326 e. The van der Waals surface area contributed by atoms with Crippen molar-refractivity contribution in [3.8, 4) is 0 Å². The van der Waals surface area contributed by atoms with Gasteiger partial charge in [-0.05, 0) is 6.07 Å². The highest BCUT2D eigenvalue weighted by Gasteiger charge is 2.24. The number of nitrogens with one attached hydrogen (secondary N) is 2. The van der Waals surface area contributed by atoms with E-state index in [1.54, 1.807) is 24.3 Å². The molecule has 8 heteroatoms. The standard InChI is InChI=1S/C14H12N2O6/c17-11-5-8(7-3-1-2-4-9(7)15-11)13(20)16-10(14(21)22)6-12(18)19/h1-5,10H,6H2,(H,15,17)(H,16,20)(H,18,19)(H,21,22)/t10-/m0/s1. The summed E-state index contributed by atoms with van der Waals surface area (Å²) in [6.45, 7) is 0. The minimum Gasteiger partial charge on any atom is -0.481 e. The van der Waals surface area contributed by atoms with Crippen molar-refractivity contribution in [1.82, 2.24) is 10.3 Å². The van der Waals surface area contributed by atoms with Crippen molar-refractivity contribution in [2.45, 2.75) is 12.5 Å². The Kier molecular flexibility index (Phi) is 4.21. The summed E-state index contributed by atoms with van der Waals surface area (Å²) in [5, 5.41) is 20.1. The number of para-hydroxylation sites is 1. The number of pyridine rings is 1. The van der Waals surface area contributed by atoms with Crippen LogP contribution in [0.1, 0.15) is 16.8 Å². The zero-order chi connectivity index (χ0) is 16.3. The normalized spacial score (nSPS) is 11.8. The zero-order valence-electron chi connectivity index (χ0n) is 11.2. The number of carbonyl (C=O) groups excluding carboxylic acids is 1. The van der Waals surface area contributed by atoms with E-state index in [9.17, 15) is 19.2 Å². The van der Waals surface area contributed by atoms with Crippen molar-refractivity contribution in [3.63, 3.8) is 0 Å². The molecule has 0 unspecified atom stereocenters. The van der Waals surface area contributed by atoms with Crippen molar-refractivity contribution >= 4 is 28.7 Å². The Balaban J connectivity index is 2.39. The lowest BCUT2D eigenvalue weighted by molar-refractivity contribution is -0.145. The van der Waals surface area contributed by atoms with Gasteiger partial charge < -0.3 is 20.5 Å². The number of aromatic amines is 1. The summed E-state index contributed by atoms with van der Waals surface area (Å²) in [6.07, 6.45) is -0.762. The minimum atomic E-state index is -1.58. The lowest BCUT2D eigenvalue weighted by Gasteiger charge is -2.13. The lowest BCUT2D eigenvalue weighted by Crippen LogP contribution is -2.42. The number of fused-ring (bicyclic) bond motifs is 1. The van der Waals surface area contributed by atoms with Crippen LogP contribution in [0.25, 0.3) is 10.9 Å². The highest BCUT2D eigenvalue weighted by molar-refractivity contribution is 6.07. The number of rotatable bonds is 5. The van der Waals surface area contributed by atoms with Crippen LogP contribution in [-0.4, -0.2) is 39.1 Å². The minimum absolute atomic E-state index is 0.0176. The molecule has 22 heavy (non-hydrogen) atoms. The van der Waals surface area contributed by atoms with Crippen LogP contribution in [0.3, 0.4) is 0 Å². The molecule has 114 valence electrons. The highest BCUT2D eigenvalue weighted by Crippen LogP contribution is 2.14. The van der Waals surface area contributed by atoms with Crippen molar-refractivity contribution in [1.29, 1.82) is 0 Å². The van der Waals surface area contributed by atoms with Gasteiger partial charge in [0.25, 0.3) is 5.91 Å². The fourth-order valence-electron chi connectivity index (χ4n) is 2.00. The summed E-state index contributed by atoms with van der Waals surface area (Å²) < 4.78 is 0. The number of amides is 1. The van der Waals surface area contributed by atoms with Crippen LogP contribution >= 0.6 is 0 Å². The van der Waals surface area contributed by atoms with Gasteiger partial charge in [-0.15, -0.1) is 0 Å². The molecule has 0 aliphatic carbocycles. The van der Waals surface area contributed by atoms with Crippen molar-refractivity contribution in [2.75, 3.05) is 0 Å². The molecule has 0 bridgehead atoms. The molecule has 2 rings (SSSR count). The predicted molar refractivity (Wildman–Crippen MR) is 75.7 cm³/mol. The number of aromatic nitrogens is 1. The Bertz CT molecular complexity index is 810. The molecular formula is C14H12N2O6. The first-order valence-corrected chi connectivity index (χ1v) is 6.26. The number of aliphatic carboxylic acids is 2. The monoisotopic (exact) mass is 304 g/mol. The SMILES string of the molecule is O=C(O)C[C@H](NC(=O)c1cc(=O)[nH]c2ccccc12)C(=O)O. The number of carbonyl (C=O) groups is 3. The quantitative estimate of drug-likeness (QED) is 0.622. The molecule has 4 N–H and O–H groups in total. The van der Waals surface area contributed by atoms with Crippen LogP contribution in [0.15, 0.2) is 35.1 Å². The first kappa shape index (κ1) is 15.2. The summed E-state index contributed by atoms with van der Waals surface area (Å²) in [5.41, 5.74) is -0.116. The van der Waals surface area contributed by atoms with Crippen LogP contribution in [0, 0.1) is 0 Å². The van der Waals surface area contributed by atoms with Crippen LogP contribution in [0.2, 0.25) is 0 Å². The molecule has 1 amide bonds. The topological polar surface area (TPSA) is 137 Å². The summed E-state index contributed by atoms with van der Waals surface area (Å²) >= 11 is 0. The van der Waals surface area contributed by atoms with Crippen molar-refractivity contribution < 1.29 is 24.6 Å². The molecule has 0 radical (unpaired) electrons. The molecule has 0 fully saturated rings. The van der Waals surface area contributed by atoms with Gasteiger partial charge in [0.05, 0.1) is 12.0 Å². The van der Waals surface area contributed by atoms with E-state index in [-0.39, 0.29) is 5.56 Å². The second-order valence-electron chi connectivity index (χ2n) is 4.55. The molecule has 0 aliphatic rings. The molecule has 1 heterocycles. The third kappa shape index (κ3) is 3.29. The highest BCUT2D eigenvalue weighted by atomic mass is 16.4. The van der Waals surface area contributed by atoms with Crippen molar-refractivity contribution in [3.05, 3.63) is 46.2 Å². The van der Waals surface area contributed by atoms with Gasteiger partial charge in [-0.3, -0.25) is 14.4 Å². The zero-order valence-corrected chi connectivity index (χ0v) is 11.2. The van der Waals surface area contributed by atoms with Crippen LogP contribution in [0.4, 0.5) is 0 Å². The van der Waals surface area contributed by atoms with Gasteiger partial charge >= 0.3 is 11.9 Å². The Morgan fingerprint density at radius 2 is 1.86 bits per heavy atom. The Morgan fingerprint density at radius 1 is 1.18 bits per heavy atom. The fourth-order valence-corrected chi connectivity index (χ4v) is 2.00. The number of benzene rings is 1. The maximum atomic E-state index is 12.2. The lowest BCUT2D eigenvalue weighted by atomic mass is 10.1. The van der Waals surface area contributed by atoms with E-state index in [4.69, 9.17) is 10.2 Å². The molecule has 0 spiro atoms. The number of carboxylic acid groups (broad SMARTS) is 2. The summed E-state index contributed by atoms with van der Waals surface area (Å²) in [4.78, 5) is 47.9. The summed E-state index contributed by atoms with van der Waals surface area (Å²) in [7, 11) is 0. The molecule has 1 aromatic carbocycles. The molecule has 2 aromatic rings. The van der Waals surface area contributed by atoms with E-state index in [0.29, 0.717) is 10.9 Å². The van der Waals surface area contributed by atoms with Gasteiger partial charge in [0.1, 0.15) is 6.04 Å². The number of H-pyrrole nitrogens is 1. The molecule has 1 aromatic heterocycles. The number of hydrogen-bond donors (Lipinski definition) is 4. The third-order valence-corrected chi connectivity index (χ3v) is 2.98. The number of carboxylic acids is 2. The van der Waals surface area contributed by atoms with Gasteiger partial charge in [-0.1, -0.05) is 18.2 Å². The molecule has 8 nitrogen and oxygen atoms in total.